The van der Waals surface area contributed by atoms with Gasteiger partial charge in [-0.05, 0) is 30.0 Å². The van der Waals surface area contributed by atoms with Gasteiger partial charge < -0.3 is 5.32 Å². The van der Waals surface area contributed by atoms with Crippen LogP contribution >= 0.6 is 0 Å². The van der Waals surface area contributed by atoms with Gasteiger partial charge in [0.05, 0.1) is 12.0 Å². The van der Waals surface area contributed by atoms with E-state index in [0.29, 0.717) is 0 Å². The van der Waals surface area contributed by atoms with E-state index in [1.54, 1.807) is 0 Å². The van der Waals surface area contributed by atoms with E-state index in [0.717, 1.165) is 32.6 Å². The van der Waals surface area contributed by atoms with Crippen LogP contribution in [-0.4, -0.2) is 54.2 Å². The SMILES string of the molecule is CC1NC(N2CCN(C(c3ccccc3)c3ccccc3)CC2)NC(=O)C1Cc1ccccc1. The van der Waals surface area contributed by atoms with E-state index in [2.05, 4.69) is 100 Å². The lowest BCUT2D eigenvalue weighted by molar-refractivity contribution is -0.132. The number of hydrogen-bond acceptors (Lipinski definition) is 4. The quantitative estimate of drug-likeness (QED) is 0.597. The van der Waals surface area contributed by atoms with Crippen LogP contribution in [0.2, 0.25) is 0 Å². The topological polar surface area (TPSA) is 47.6 Å². The van der Waals surface area contributed by atoms with Crippen molar-refractivity contribution in [2.24, 2.45) is 5.92 Å². The summed E-state index contributed by atoms with van der Waals surface area (Å²) < 4.78 is 0. The molecule has 0 saturated carbocycles. The molecule has 5 heteroatoms. The normalized spacial score (nSPS) is 24.2. The molecule has 2 aliphatic rings. The molecule has 0 radical (unpaired) electrons. The van der Waals surface area contributed by atoms with Gasteiger partial charge in [-0.15, -0.1) is 0 Å². The van der Waals surface area contributed by atoms with Gasteiger partial charge in [0.1, 0.15) is 6.29 Å². The predicted molar refractivity (Wildman–Crippen MR) is 136 cm³/mol. The Morgan fingerprint density at radius 3 is 1.85 bits per heavy atom. The van der Waals surface area contributed by atoms with Crippen molar-refractivity contribution in [3.8, 4) is 0 Å². The number of nitrogens with one attached hydrogen (secondary N) is 2. The third kappa shape index (κ3) is 5.07. The van der Waals surface area contributed by atoms with E-state index in [1.807, 2.05) is 18.2 Å². The fourth-order valence-electron chi connectivity index (χ4n) is 5.35. The van der Waals surface area contributed by atoms with E-state index >= 15 is 0 Å². The van der Waals surface area contributed by atoms with E-state index in [4.69, 9.17) is 0 Å². The molecule has 3 unspecified atom stereocenters. The molecule has 3 aromatic rings. The fraction of sp³-hybridized carbons (Fsp3) is 0.345. The summed E-state index contributed by atoms with van der Waals surface area (Å²) in [5, 5.41) is 6.92. The van der Waals surface area contributed by atoms with E-state index in [1.165, 1.54) is 16.7 Å². The van der Waals surface area contributed by atoms with Crippen molar-refractivity contribution in [2.75, 3.05) is 26.2 Å². The van der Waals surface area contributed by atoms with Crippen molar-refractivity contribution in [1.82, 2.24) is 20.4 Å². The molecular formula is C29H34N4O. The van der Waals surface area contributed by atoms with Crippen LogP contribution in [0.4, 0.5) is 0 Å². The highest BCUT2D eigenvalue weighted by atomic mass is 16.2. The number of nitrogens with zero attached hydrogens (tertiary/aromatic N) is 2. The van der Waals surface area contributed by atoms with Crippen LogP contribution < -0.4 is 10.6 Å². The van der Waals surface area contributed by atoms with E-state index < -0.39 is 0 Å². The molecule has 1 amide bonds. The Balaban J connectivity index is 1.23. The molecule has 2 heterocycles. The van der Waals surface area contributed by atoms with Crippen molar-refractivity contribution in [3.63, 3.8) is 0 Å². The molecule has 0 aromatic heterocycles. The second kappa shape index (κ2) is 10.5. The number of carbonyl (C=O) groups is 1. The van der Waals surface area contributed by atoms with Crippen molar-refractivity contribution in [2.45, 2.75) is 31.7 Å². The molecule has 2 fully saturated rings. The van der Waals surface area contributed by atoms with E-state index in [9.17, 15) is 4.79 Å². The predicted octanol–water partition coefficient (Wildman–Crippen LogP) is 3.64. The third-order valence-electron chi connectivity index (χ3n) is 7.25. The summed E-state index contributed by atoms with van der Waals surface area (Å²) in [6, 6.07) is 32.2. The van der Waals surface area contributed by atoms with Gasteiger partial charge in [-0.1, -0.05) is 91.0 Å². The summed E-state index contributed by atoms with van der Waals surface area (Å²) in [5.41, 5.74) is 3.85. The summed E-state index contributed by atoms with van der Waals surface area (Å²) >= 11 is 0. The molecule has 2 aliphatic heterocycles. The number of piperazine rings is 1. The maximum absolute atomic E-state index is 13.0. The minimum atomic E-state index is -0.108. The summed E-state index contributed by atoms with van der Waals surface area (Å²) in [4.78, 5) is 18.0. The first-order valence-corrected chi connectivity index (χ1v) is 12.4. The number of carbonyl (C=O) groups excluding carboxylic acids is 1. The van der Waals surface area contributed by atoms with E-state index in [-0.39, 0.29) is 30.2 Å². The highest BCUT2D eigenvalue weighted by molar-refractivity contribution is 5.80. The van der Waals surface area contributed by atoms with Gasteiger partial charge in [0.15, 0.2) is 0 Å². The minimum Gasteiger partial charge on any atom is -0.328 e. The Bertz CT molecular complexity index is 1010. The fourth-order valence-corrected chi connectivity index (χ4v) is 5.35. The first-order chi connectivity index (χ1) is 16.7. The van der Waals surface area contributed by atoms with Crippen LogP contribution in [0, 0.1) is 5.92 Å². The Labute approximate surface area is 202 Å². The first-order valence-electron chi connectivity index (χ1n) is 12.4. The van der Waals surface area contributed by atoms with Crippen molar-refractivity contribution < 1.29 is 4.79 Å². The standard InChI is InChI=1S/C29H34N4O/c1-22-26(21-23-11-5-2-6-12-23)28(34)31-29(30-22)33-19-17-32(18-20-33)27(24-13-7-3-8-14-24)25-15-9-4-10-16-25/h2-16,22,26-27,29-30H,17-21H2,1H3,(H,31,34). The van der Waals surface area contributed by atoms with Crippen LogP contribution in [-0.2, 0) is 11.2 Å². The highest BCUT2D eigenvalue weighted by Gasteiger charge is 2.37. The Morgan fingerprint density at radius 1 is 0.794 bits per heavy atom. The zero-order valence-corrected chi connectivity index (χ0v) is 19.8. The van der Waals surface area contributed by atoms with Crippen molar-refractivity contribution >= 4 is 5.91 Å². The molecule has 2 saturated heterocycles. The molecule has 0 spiro atoms. The Morgan fingerprint density at radius 2 is 1.32 bits per heavy atom. The molecule has 3 aromatic carbocycles. The summed E-state index contributed by atoms with van der Waals surface area (Å²) in [6.07, 6.45) is 0.653. The molecular weight excluding hydrogens is 420 g/mol. The maximum Gasteiger partial charge on any atom is 0.227 e. The smallest absolute Gasteiger partial charge is 0.227 e. The van der Waals surface area contributed by atoms with Gasteiger partial charge in [0, 0.05) is 32.2 Å². The molecule has 5 rings (SSSR count). The number of amides is 1. The highest BCUT2D eigenvalue weighted by Crippen LogP contribution is 2.30. The second-order valence-electron chi connectivity index (χ2n) is 9.46. The van der Waals surface area contributed by atoms with Crippen molar-refractivity contribution in [3.05, 3.63) is 108 Å². The third-order valence-corrected chi connectivity index (χ3v) is 7.25. The van der Waals surface area contributed by atoms with Gasteiger partial charge in [-0.3, -0.25) is 19.9 Å². The van der Waals surface area contributed by atoms with Crippen LogP contribution in [0.15, 0.2) is 91.0 Å². The Hall–Kier alpha value is -2.99. The van der Waals surface area contributed by atoms with Crippen molar-refractivity contribution in [1.29, 1.82) is 0 Å². The summed E-state index contributed by atoms with van der Waals surface area (Å²) in [6.45, 7) is 5.85. The summed E-state index contributed by atoms with van der Waals surface area (Å²) in [5.74, 6) is 0.0921. The first kappa shape index (κ1) is 22.8. The maximum atomic E-state index is 13.0. The average molecular weight is 455 g/mol. The van der Waals surface area contributed by atoms with Gasteiger partial charge >= 0.3 is 0 Å². The number of hydrogen-bond donors (Lipinski definition) is 2. The number of rotatable bonds is 6. The molecule has 0 bridgehead atoms. The minimum absolute atomic E-state index is 0.0551. The van der Waals surface area contributed by atoms with Crippen LogP contribution in [0.3, 0.4) is 0 Å². The average Bonchev–Trinajstić information content (AvgIpc) is 2.89. The Kier molecular flexibility index (Phi) is 7.05. The molecule has 34 heavy (non-hydrogen) atoms. The largest absolute Gasteiger partial charge is 0.328 e. The zero-order valence-electron chi connectivity index (χ0n) is 19.8. The van der Waals surface area contributed by atoms with Gasteiger partial charge in [-0.25, -0.2) is 0 Å². The van der Waals surface area contributed by atoms with Crippen LogP contribution in [0.1, 0.15) is 29.7 Å². The second-order valence-corrected chi connectivity index (χ2v) is 9.46. The van der Waals surface area contributed by atoms with Crippen LogP contribution in [0.25, 0.3) is 0 Å². The monoisotopic (exact) mass is 454 g/mol. The molecule has 0 aliphatic carbocycles. The molecule has 176 valence electrons. The molecule has 3 atom stereocenters. The molecule has 2 N–H and O–H groups in total. The molecule has 5 nitrogen and oxygen atoms in total. The van der Waals surface area contributed by atoms with Crippen LogP contribution in [0.5, 0.6) is 0 Å². The summed E-state index contributed by atoms with van der Waals surface area (Å²) in [7, 11) is 0. The lowest BCUT2D eigenvalue weighted by Crippen LogP contribution is -2.69. The zero-order chi connectivity index (χ0) is 23.3. The lowest BCUT2D eigenvalue weighted by Gasteiger charge is -2.46. The van der Waals surface area contributed by atoms with Gasteiger partial charge in [0.25, 0.3) is 0 Å². The lowest BCUT2D eigenvalue weighted by atomic mass is 9.90. The number of benzene rings is 3. The van der Waals surface area contributed by atoms with Gasteiger partial charge in [0.2, 0.25) is 5.91 Å². The van der Waals surface area contributed by atoms with Gasteiger partial charge in [-0.2, -0.15) is 0 Å².